The number of carbonyl (C=O) groups excluding carboxylic acids is 1. The lowest BCUT2D eigenvalue weighted by atomic mass is 10.0. The number of rotatable bonds is 5. The van der Waals surface area contributed by atoms with Crippen molar-refractivity contribution in [2.45, 2.75) is 18.9 Å². The van der Waals surface area contributed by atoms with E-state index in [4.69, 9.17) is 9.47 Å². The second kappa shape index (κ2) is 7.70. The molecule has 27 heavy (non-hydrogen) atoms. The molecule has 0 radical (unpaired) electrons. The Morgan fingerprint density at radius 2 is 2.11 bits per heavy atom. The molecule has 5 nitrogen and oxygen atoms in total. The van der Waals surface area contributed by atoms with Gasteiger partial charge in [0.15, 0.2) is 0 Å². The first kappa shape index (κ1) is 18.0. The Labute approximate surface area is 166 Å². The summed E-state index contributed by atoms with van der Waals surface area (Å²) in [4.78, 5) is 20.7. The predicted octanol–water partition coefficient (Wildman–Crippen LogP) is 4.87. The maximum absolute atomic E-state index is 13.1. The molecule has 3 aromatic rings. The summed E-state index contributed by atoms with van der Waals surface area (Å²) >= 11 is 3.15. The Kier molecular flexibility index (Phi) is 5.13. The van der Waals surface area contributed by atoms with Gasteiger partial charge in [-0.05, 0) is 36.4 Å². The first-order valence-corrected chi connectivity index (χ1v) is 10.5. The lowest BCUT2D eigenvalue weighted by molar-refractivity contribution is 0.0729. The van der Waals surface area contributed by atoms with Crippen molar-refractivity contribution in [2.24, 2.45) is 0 Å². The van der Waals surface area contributed by atoms with E-state index >= 15 is 0 Å². The van der Waals surface area contributed by atoms with Crippen LogP contribution in [-0.2, 0) is 0 Å². The molecule has 4 rings (SSSR count). The Morgan fingerprint density at radius 3 is 2.85 bits per heavy atom. The van der Waals surface area contributed by atoms with Crippen molar-refractivity contribution in [1.82, 2.24) is 9.88 Å². The van der Waals surface area contributed by atoms with Gasteiger partial charge >= 0.3 is 0 Å². The molecule has 1 amide bonds. The van der Waals surface area contributed by atoms with E-state index in [-0.39, 0.29) is 11.9 Å². The van der Waals surface area contributed by atoms with Crippen LogP contribution in [0.3, 0.4) is 0 Å². The summed E-state index contributed by atoms with van der Waals surface area (Å²) < 4.78 is 10.8. The Morgan fingerprint density at radius 1 is 1.22 bits per heavy atom. The number of thiazole rings is 1. The van der Waals surface area contributed by atoms with Crippen LogP contribution in [0.1, 0.15) is 34.9 Å². The number of hydrogen-bond acceptors (Lipinski definition) is 6. The third-order valence-electron chi connectivity index (χ3n) is 4.77. The van der Waals surface area contributed by atoms with Crippen LogP contribution < -0.4 is 9.47 Å². The molecule has 0 bridgehead atoms. The van der Waals surface area contributed by atoms with Gasteiger partial charge in [0.1, 0.15) is 22.2 Å². The Bertz CT molecular complexity index is 937. The van der Waals surface area contributed by atoms with Crippen LogP contribution in [0.5, 0.6) is 11.5 Å². The van der Waals surface area contributed by atoms with Crippen molar-refractivity contribution in [2.75, 3.05) is 20.8 Å². The van der Waals surface area contributed by atoms with Crippen molar-refractivity contribution in [3.63, 3.8) is 0 Å². The van der Waals surface area contributed by atoms with Crippen molar-refractivity contribution < 1.29 is 14.3 Å². The van der Waals surface area contributed by atoms with Gasteiger partial charge in [-0.1, -0.05) is 6.07 Å². The fourth-order valence-electron chi connectivity index (χ4n) is 3.46. The summed E-state index contributed by atoms with van der Waals surface area (Å²) in [5, 5.41) is 4.77. The van der Waals surface area contributed by atoms with Gasteiger partial charge in [0.05, 0.1) is 25.1 Å². The molecule has 7 heteroatoms. The molecule has 1 aromatic carbocycles. The van der Waals surface area contributed by atoms with Crippen LogP contribution in [0.2, 0.25) is 0 Å². The minimum atomic E-state index is -0.0190. The minimum absolute atomic E-state index is 0.00903. The van der Waals surface area contributed by atoms with Gasteiger partial charge in [0.2, 0.25) is 0 Å². The number of benzene rings is 1. The highest BCUT2D eigenvalue weighted by Gasteiger charge is 2.33. The summed E-state index contributed by atoms with van der Waals surface area (Å²) in [6.07, 6.45) is 1.88. The average molecular weight is 401 g/mol. The van der Waals surface area contributed by atoms with E-state index in [1.807, 2.05) is 46.0 Å². The Hall–Kier alpha value is -2.38. The standard InChI is InChI=1S/C20H20N2O3S2/c1-24-13-7-8-14(17(11-13)25-2)16-5-3-9-22(16)20(23)15-12-27-19(21-15)18-6-4-10-26-18/h4,6-8,10-12,16H,3,5,9H2,1-2H3. The van der Waals surface area contributed by atoms with Gasteiger partial charge in [0.25, 0.3) is 5.91 Å². The van der Waals surface area contributed by atoms with Gasteiger partial charge in [-0.25, -0.2) is 4.98 Å². The zero-order valence-corrected chi connectivity index (χ0v) is 16.8. The molecule has 1 aliphatic heterocycles. The average Bonchev–Trinajstić information content (AvgIpc) is 3.47. The molecule has 1 unspecified atom stereocenters. The van der Waals surface area contributed by atoms with E-state index in [0.29, 0.717) is 5.69 Å². The fraction of sp³-hybridized carbons (Fsp3) is 0.300. The van der Waals surface area contributed by atoms with Gasteiger partial charge in [-0.2, -0.15) is 0 Å². The van der Waals surface area contributed by atoms with Gasteiger partial charge < -0.3 is 14.4 Å². The molecule has 1 fully saturated rings. The summed E-state index contributed by atoms with van der Waals surface area (Å²) in [6, 6.07) is 9.79. The second-order valence-electron chi connectivity index (χ2n) is 6.28. The maximum Gasteiger partial charge on any atom is 0.273 e. The van der Waals surface area contributed by atoms with E-state index in [2.05, 4.69) is 4.98 Å². The van der Waals surface area contributed by atoms with Crippen molar-refractivity contribution in [3.05, 3.63) is 52.3 Å². The summed E-state index contributed by atoms with van der Waals surface area (Å²) in [6.45, 7) is 0.727. The van der Waals surface area contributed by atoms with E-state index in [0.717, 1.165) is 46.3 Å². The molecule has 2 aromatic heterocycles. The van der Waals surface area contributed by atoms with Crippen LogP contribution in [0.4, 0.5) is 0 Å². The number of nitrogens with zero attached hydrogens (tertiary/aromatic N) is 2. The zero-order valence-electron chi connectivity index (χ0n) is 15.2. The first-order valence-electron chi connectivity index (χ1n) is 8.73. The normalized spacial score (nSPS) is 16.5. The summed E-state index contributed by atoms with van der Waals surface area (Å²) in [5.41, 5.74) is 1.53. The third-order valence-corrected chi connectivity index (χ3v) is 6.65. The number of likely N-dealkylation sites (tertiary alicyclic amines) is 1. The fourth-order valence-corrected chi connectivity index (χ4v) is 5.07. The molecule has 0 saturated carbocycles. The number of ether oxygens (including phenoxy) is 2. The molecular weight excluding hydrogens is 380 g/mol. The lowest BCUT2D eigenvalue weighted by Crippen LogP contribution is -2.31. The molecule has 3 heterocycles. The second-order valence-corrected chi connectivity index (χ2v) is 8.09. The lowest BCUT2D eigenvalue weighted by Gasteiger charge is -2.26. The SMILES string of the molecule is COc1ccc(C2CCCN2C(=O)c2csc(-c3cccs3)n2)c(OC)c1. The molecule has 1 atom stereocenters. The summed E-state index contributed by atoms with van der Waals surface area (Å²) in [7, 11) is 3.28. The molecule has 0 N–H and O–H groups in total. The topological polar surface area (TPSA) is 51.7 Å². The number of carbonyl (C=O) groups is 1. The van der Waals surface area contributed by atoms with Crippen LogP contribution in [0, 0.1) is 0 Å². The first-order chi connectivity index (χ1) is 13.2. The minimum Gasteiger partial charge on any atom is -0.497 e. The van der Waals surface area contributed by atoms with Crippen LogP contribution in [0.15, 0.2) is 41.1 Å². The molecule has 0 spiro atoms. The number of hydrogen-bond donors (Lipinski definition) is 0. The Balaban J connectivity index is 1.61. The maximum atomic E-state index is 13.1. The molecule has 1 aliphatic rings. The summed E-state index contributed by atoms with van der Waals surface area (Å²) in [5.74, 6) is 1.47. The van der Waals surface area contributed by atoms with Gasteiger partial charge in [-0.15, -0.1) is 22.7 Å². The van der Waals surface area contributed by atoms with Crippen molar-refractivity contribution >= 4 is 28.6 Å². The molecular formula is C20H20N2O3S2. The number of aromatic nitrogens is 1. The van der Waals surface area contributed by atoms with E-state index in [1.54, 1.807) is 25.6 Å². The van der Waals surface area contributed by atoms with Crippen molar-refractivity contribution in [3.8, 4) is 21.4 Å². The quantitative estimate of drug-likeness (QED) is 0.613. The van der Waals surface area contributed by atoms with Crippen LogP contribution in [0.25, 0.3) is 9.88 Å². The van der Waals surface area contributed by atoms with Crippen LogP contribution in [-0.4, -0.2) is 36.6 Å². The predicted molar refractivity (Wildman–Crippen MR) is 108 cm³/mol. The number of amides is 1. The number of methoxy groups -OCH3 is 2. The largest absolute Gasteiger partial charge is 0.497 e. The molecule has 1 saturated heterocycles. The zero-order chi connectivity index (χ0) is 18.8. The molecule has 0 aliphatic carbocycles. The molecule has 140 valence electrons. The van der Waals surface area contributed by atoms with Crippen molar-refractivity contribution in [1.29, 1.82) is 0 Å². The monoisotopic (exact) mass is 400 g/mol. The van der Waals surface area contributed by atoms with E-state index in [1.165, 1.54) is 11.3 Å². The highest BCUT2D eigenvalue weighted by atomic mass is 32.1. The number of thiophene rings is 1. The van der Waals surface area contributed by atoms with E-state index in [9.17, 15) is 4.79 Å². The highest BCUT2D eigenvalue weighted by Crippen LogP contribution is 2.39. The smallest absolute Gasteiger partial charge is 0.273 e. The van der Waals surface area contributed by atoms with Gasteiger partial charge in [0, 0.05) is 23.6 Å². The third kappa shape index (κ3) is 3.44. The van der Waals surface area contributed by atoms with Crippen LogP contribution >= 0.6 is 22.7 Å². The van der Waals surface area contributed by atoms with E-state index < -0.39 is 0 Å². The highest BCUT2D eigenvalue weighted by molar-refractivity contribution is 7.20. The van der Waals surface area contributed by atoms with Gasteiger partial charge in [-0.3, -0.25) is 4.79 Å².